The highest BCUT2D eigenvalue weighted by atomic mass is 35.5. The van der Waals surface area contributed by atoms with E-state index in [0.717, 1.165) is 22.5 Å². The molecule has 2 fully saturated rings. The number of thiophene rings is 1. The van der Waals surface area contributed by atoms with Crippen LogP contribution in [0.25, 0.3) is 10.2 Å². The minimum absolute atomic E-state index is 0.590. The van der Waals surface area contributed by atoms with Crippen molar-refractivity contribution in [3.05, 3.63) is 21.4 Å². The third-order valence-electron chi connectivity index (χ3n) is 4.57. The lowest BCUT2D eigenvalue weighted by atomic mass is 10.1. The van der Waals surface area contributed by atoms with Gasteiger partial charge in [-0.15, -0.1) is 11.3 Å². The molecule has 0 saturated heterocycles. The number of aromatic nitrogens is 2. The molecule has 1 unspecified atom stereocenters. The lowest BCUT2D eigenvalue weighted by molar-refractivity contribution is 0.798. The Morgan fingerprint density at radius 2 is 2.17 bits per heavy atom. The maximum absolute atomic E-state index is 6.40. The molecule has 4 rings (SSSR count). The second-order valence-corrected chi connectivity index (χ2v) is 7.22. The summed E-state index contributed by atoms with van der Waals surface area (Å²) in [5.74, 6) is 1.58. The standard InChI is InChI=1S/C14H15ClN2S/c1-3-8-7(2)18-13-10(8)11(15)16-12(17-13)9-6-14(9)4-5-14/h9H,3-6H2,1-2H3. The molecule has 0 bridgehead atoms. The highest BCUT2D eigenvalue weighted by Gasteiger charge is 2.64. The van der Waals surface area contributed by atoms with Crippen LogP contribution in [0.15, 0.2) is 0 Å². The number of aryl methyl sites for hydroxylation is 2. The van der Waals surface area contributed by atoms with Crippen LogP contribution in [0.1, 0.15) is 48.4 Å². The molecule has 0 amide bonds. The quantitative estimate of drug-likeness (QED) is 0.757. The fourth-order valence-corrected chi connectivity index (χ4v) is 4.61. The van der Waals surface area contributed by atoms with Gasteiger partial charge in [0.25, 0.3) is 0 Å². The van der Waals surface area contributed by atoms with Crippen LogP contribution in [-0.2, 0) is 6.42 Å². The summed E-state index contributed by atoms with van der Waals surface area (Å²) in [5, 5.41) is 1.76. The van der Waals surface area contributed by atoms with Gasteiger partial charge in [0.15, 0.2) is 0 Å². The summed E-state index contributed by atoms with van der Waals surface area (Å²) in [6, 6.07) is 0. The van der Waals surface area contributed by atoms with Gasteiger partial charge in [-0.1, -0.05) is 18.5 Å². The maximum Gasteiger partial charge on any atom is 0.141 e. The Balaban J connectivity index is 1.88. The minimum Gasteiger partial charge on any atom is -0.222 e. The summed E-state index contributed by atoms with van der Waals surface area (Å²) in [4.78, 5) is 11.8. The zero-order valence-corrected chi connectivity index (χ0v) is 12.2. The summed E-state index contributed by atoms with van der Waals surface area (Å²) in [6.07, 6.45) is 5.00. The van der Waals surface area contributed by atoms with Gasteiger partial charge in [-0.05, 0) is 43.6 Å². The summed E-state index contributed by atoms with van der Waals surface area (Å²) >= 11 is 8.16. The van der Waals surface area contributed by atoms with Crippen LogP contribution in [0.4, 0.5) is 0 Å². The molecule has 2 aliphatic carbocycles. The molecule has 2 aromatic rings. The SMILES string of the molecule is CCc1c(C)sc2nc(C3CC34CC4)nc(Cl)c12. The molecule has 2 aromatic heterocycles. The molecule has 0 aromatic carbocycles. The van der Waals surface area contributed by atoms with E-state index in [0.29, 0.717) is 16.5 Å². The molecule has 2 aliphatic rings. The lowest BCUT2D eigenvalue weighted by Gasteiger charge is -2.02. The second-order valence-electron chi connectivity index (χ2n) is 5.66. The average molecular weight is 279 g/mol. The van der Waals surface area contributed by atoms with Crippen molar-refractivity contribution in [2.75, 3.05) is 0 Å². The summed E-state index contributed by atoms with van der Waals surface area (Å²) in [7, 11) is 0. The Bertz CT molecular complexity index is 657. The molecular formula is C14H15ClN2S. The van der Waals surface area contributed by atoms with Gasteiger partial charge >= 0.3 is 0 Å². The largest absolute Gasteiger partial charge is 0.222 e. The molecule has 2 nitrogen and oxygen atoms in total. The number of fused-ring (bicyclic) bond motifs is 1. The molecule has 1 spiro atoms. The van der Waals surface area contributed by atoms with E-state index in [2.05, 4.69) is 18.8 Å². The van der Waals surface area contributed by atoms with Crippen LogP contribution in [0, 0.1) is 12.3 Å². The molecule has 4 heteroatoms. The molecule has 18 heavy (non-hydrogen) atoms. The van der Waals surface area contributed by atoms with Gasteiger partial charge in [0, 0.05) is 10.8 Å². The first kappa shape index (κ1) is 11.2. The van der Waals surface area contributed by atoms with Crippen LogP contribution in [-0.4, -0.2) is 9.97 Å². The van der Waals surface area contributed by atoms with Crippen molar-refractivity contribution < 1.29 is 0 Å². The normalized spacial score (nSPS) is 23.8. The van der Waals surface area contributed by atoms with Gasteiger partial charge in [0.2, 0.25) is 0 Å². The Morgan fingerprint density at radius 3 is 2.78 bits per heavy atom. The molecule has 2 saturated carbocycles. The highest BCUT2D eigenvalue weighted by molar-refractivity contribution is 7.18. The molecule has 94 valence electrons. The second kappa shape index (κ2) is 3.45. The van der Waals surface area contributed by atoms with Crippen molar-refractivity contribution in [1.29, 1.82) is 0 Å². The fourth-order valence-electron chi connectivity index (χ4n) is 3.15. The predicted octanol–water partition coefficient (Wildman–Crippen LogP) is 4.48. The van der Waals surface area contributed by atoms with E-state index in [1.54, 1.807) is 11.3 Å². The first-order valence-electron chi connectivity index (χ1n) is 6.60. The van der Waals surface area contributed by atoms with E-state index < -0.39 is 0 Å². The van der Waals surface area contributed by atoms with Gasteiger partial charge in [0.05, 0.1) is 5.39 Å². The molecule has 1 atom stereocenters. The predicted molar refractivity (Wildman–Crippen MR) is 75.6 cm³/mol. The van der Waals surface area contributed by atoms with Gasteiger partial charge in [-0.3, -0.25) is 0 Å². The molecule has 0 aliphatic heterocycles. The topological polar surface area (TPSA) is 25.8 Å². The molecule has 0 N–H and O–H groups in total. The van der Waals surface area contributed by atoms with E-state index in [-0.39, 0.29) is 0 Å². The third-order valence-corrected chi connectivity index (χ3v) is 5.89. The summed E-state index contributed by atoms with van der Waals surface area (Å²) < 4.78 is 0. The monoisotopic (exact) mass is 278 g/mol. The van der Waals surface area contributed by atoms with Crippen molar-refractivity contribution in [3.63, 3.8) is 0 Å². The number of rotatable bonds is 2. The van der Waals surface area contributed by atoms with E-state index in [9.17, 15) is 0 Å². The Labute approximate surface area is 115 Å². The molecule has 0 radical (unpaired) electrons. The van der Waals surface area contributed by atoms with Crippen molar-refractivity contribution >= 4 is 33.2 Å². The smallest absolute Gasteiger partial charge is 0.141 e. The van der Waals surface area contributed by atoms with E-state index in [1.165, 1.54) is 29.7 Å². The Morgan fingerprint density at radius 1 is 1.39 bits per heavy atom. The van der Waals surface area contributed by atoms with Gasteiger partial charge in [-0.25, -0.2) is 9.97 Å². The van der Waals surface area contributed by atoms with Crippen LogP contribution in [0.5, 0.6) is 0 Å². The van der Waals surface area contributed by atoms with Gasteiger partial charge < -0.3 is 0 Å². The number of nitrogens with zero attached hydrogens (tertiary/aromatic N) is 2. The Kier molecular flexibility index (Phi) is 2.15. The van der Waals surface area contributed by atoms with Crippen molar-refractivity contribution in [1.82, 2.24) is 9.97 Å². The zero-order valence-electron chi connectivity index (χ0n) is 10.6. The van der Waals surface area contributed by atoms with Crippen LogP contribution in [0.3, 0.4) is 0 Å². The van der Waals surface area contributed by atoms with Crippen LogP contribution < -0.4 is 0 Å². The number of hydrogen-bond donors (Lipinski definition) is 0. The third kappa shape index (κ3) is 1.41. The lowest BCUT2D eigenvalue weighted by Crippen LogP contribution is -1.95. The first-order valence-corrected chi connectivity index (χ1v) is 7.79. The molecule has 2 heterocycles. The van der Waals surface area contributed by atoms with Gasteiger partial charge in [-0.2, -0.15) is 0 Å². The zero-order chi connectivity index (χ0) is 12.5. The van der Waals surface area contributed by atoms with Crippen molar-refractivity contribution in [2.24, 2.45) is 5.41 Å². The van der Waals surface area contributed by atoms with E-state index in [1.807, 2.05) is 0 Å². The molecular weight excluding hydrogens is 264 g/mol. The van der Waals surface area contributed by atoms with Crippen LogP contribution >= 0.6 is 22.9 Å². The minimum atomic E-state index is 0.590. The number of hydrogen-bond acceptors (Lipinski definition) is 3. The van der Waals surface area contributed by atoms with Gasteiger partial charge in [0.1, 0.15) is 15.8 Å². The first-order chi connectivity index (χ1) is 8.64. The van der Waals surface area contributed by atoms with E-state index in [4.69, 9.17) is 16.6 Å². The average Bonchev–Trinajstić information content (AvgIpc) is 3.23. The summed E-state index contributed by atoms with van der Waals surface area (Å²) in [5.41, 5.74) is 1.92. The van der Waals surface area contributed by atoms with Crippen molar-refractivity contribution in [2.45, 2.75) is 45.4 Å². The maximum atomic E-state index is 6.40. The Hall–Kier alpha value is -0.670. The van der Waals surface area contributed by atoms with Crippen LogP contribution in [0.2, 0.25) is 5.15 Å². The highest BCUT2D eigenvalue weighted by Crippen LogP contribution is 2.74. The fraction of sp³-hybridized carbons (Fsp3) is 0.571. The van der Waals surface area contributed by atoms with Crippen molar-refractivity contribution in [3.8, 4) is 0 Å². The summed E-state index contributed by atoms with van der Waals surface area (Å²) in [6.45, 7) is 4.32. The van der Waals surface area contributed by atoms with E-state index >= 15 is 0 Å². The number of halogens is 1.